The van der Waals surface area contributed by atoms with Crippen LogP contribution in [0.5, 0.6) is 0 Å². The van der Waals surface area contributed by atoms with Gasteiger partial charge in [-0.05, 0) is 92.4 Å². The van der Waals surface area contributed by atoms with Crippen molar-refractivity contribution in [3.63, 3.8) is 0 Å². The second-order valence-corrected chi connectivity index (χ2v) is 11.0. The molecule has 5 nitrogen and oxygen atoms in total. The standard InChI is InChI=1S/C21H32O5S/c1-13(26-27(23,24)25)17-6-7-18-16-5-4-14-12-15(22)8-10-20(14,2)19(16)9-11-21(17,18)3/h12-13,16-19H,4-11H2,1-3H3,(H,23,24,25)/t13-,16+,17?,18+,19+,20+,21-/m1/s1. The summed E-state index contributed by atoms with van der Waals surface area (Å²) in [5.41, 5.74) is 1.60. The first kappa shape index (κ1) is 19.6. The molecule has 27 heavy (non-hydrogen) atoms. The molecule has 0 bridgehead atoms. The van der Waals surface area contributed by atoms with E-state index in [0.717, 1.165) is 44.9 Å². The largest absolute Gasteiger partial charge is 0.397 e. The van der Waals surface area contributed by atoms with Crippen molar-refractivity contribution in [3.05, 3.63) is 11.6 Å². The molecular weight excluding hydrogens is 364 g/mol. The molecule has 1 unspecified atom stereocenters. The van der Waals surface area contributed by atoms with Crippen LogP contribution in [-0.4, -0.2) is 24.9 Å². The normalized spacial score (nSPS) is 45.5. The van der Waals surface area contributed by atoms with E-state index in [1.807, 2.05) is 6.08 Å². The highest BCUT2D eigenvalue weighted by molar-refractivity contribution is 7.80. The minimum atomic E-state index is -4.42. The minimum Gasteiger partial charge on any atom is -0.295 e. The van der Waals surface area contributed by atoms with Crippen molar-refractivity contribution in [1.29, 1.82) is 0 Å². The highest BCUT2D eigenvalue weighted by atomic mass is 32.3. The third-order valence-electron chi connectivity index (χ3n) is 8.88. The predicted molar refractivity (Wildman–Crippen MR) is 102 cm³/mol. The molecule has 6 heteroatoms. The van der Waals surface area contributed by atoms with Crippen LogP contribution < -0.4 is 0 Å². The van der Waals surface area contributed by atoms with E-state index in [-0.39, 0.29) is 16.7 Å². The number of rotatable bonds is 3. The summed E-state index contributed by atoms with van der Waals surface area (Å²) >= 11 is 0. The summed E-state index contributed by atoms with van der Waals surface area (Å²) in [4.78, 5) is 11.9. The lowest BCUT2D eigenvalue weighted by molar-refractivity contribution is -0.117. The maximum atomic E-state index is 11.9. The van der Waals surface area contributed by atoms with Crippen LogP contribution in [0.25, 0.3) is 0 Å². The fourth-order valence-corrected chi connectivity index (χ4v) is 8.15. The van der Waals surface area contributed by atoms with E-state index in [1.165, 1.54) is 5.57 Å². The van der Waals surface area contributed by atoms with Crippen LogP contribution in [0.15, 0.2) is 11.6 Å². The van der Waals surface area contributed by atoms with Gasteiger partial charge in [-0.25, -0.2) is 4.18 Å². The van der Waals surface area contributed by atoms with E-state index in [9.17, 15) is 13.2 Å². The molecule has 7 atom stereocenters. The van der Waals surface area contributed by atoms with Crippen molar-refractivity contribution in [2.24, 2.45) is 34.5 Å². The maximum Gasteiger partial charge on any atom is 0.397 e. The summed E-state index contributed by atoms with van der Waals surface area (Å²) in [7, 11) is -4.42. The Morgan fingerprint density at radius 3 is 2.56 bits per heavy atom. The van der Waals surface area contributed by atoms with Gasteiger partial charge >= 0.3 is 10.4 Å². The van der Waals surface area contributed by atoms with Crippen LogP contribution in [0, 0.1) is 34.5 Å². The molecular formula is C21H32O5S. The summed E-state index contributed by atoms with van der Waals surface area (Å²) in [5.74, 6) is 2.29. The molecule has 4 aliphatic carbocycles. The van der Waals surface area contributed by atoms with Crippen LogP contribution in [0.4, 0.5) is 0 Å². The predicted octanol–water partition coefficient (Wildman–Crippen LogP) is 4.34. The minimum absolute atomic E-state index is 0.0628. The van der Waals surface area contributed by atoms with E-state index in [1.54, 1.807) is 6.92 Å². The third-order valence-corrected chi connectivity index (χ3v) is 9.42. The zero-order valence-electron chi connectivity index (χ0n) is 16.6. The Kier molecular flexibility index (Phi) is 4.64. The van der Waals surface area contributed by atoms with E-state index in [2.05, 4.69) is 13.8 Å². The Balaban J connectivity index is 1.59. The average molecular weight is 397 g/mol. The highest BCUT2D eigenvalue weighted by Crippen LogP contribution is 2.67. The number of carbonyl (C=O) groups excluding carboxylic acids is 1. The summed E-state index contributed by atoms with van der Waals surface area (Å²) in [6.45, 7) is 6.47. The number of carbonyl (C=O) groups is 1. The summed E-state index contributed by atoms with van der Waals surface area (Å²) in [5, 5.41) is 0. The lowest BCUT2D eigenvalue weighted by atomic mass is 9.46. The second kappa shape index (κ2) is 6.39. The Bertz CT molecular complexity index is 771. The number of fused-ring (bicyclic) bond motifs is 5. The molecule has 0 amide bonds. The zero-order chi connectivity index (χ0) is 19.6. The molecule has 4 aliphatic rings. The Hall–Kier alpha value is -0.720. The van der Waals surface area contributed by atoms with Gasteiger partial charge < -0.3 is 0 Å². The first-order chi connectivity index (χ1) is 12.5. The Morgan fingerprint density at radius 1 is 1.11 bits per heavy atom. The van der Waals surface area contributed by atoms with Crippen LogP contribution in [-0.2, 0) is 19.4 Å². The zero-order valence-corrected chi connectivity index (χ0v) is 17.4. The number of allylic oxidation sites excluding steroid dienone is 1. The van der Waals surface area contributed by atoms with Crippen LogP contribution in [0.1, 0.15) is 72.1 Å². The van der Waals surface area contributed by atoms with Gasteiger partial charge in [-0.2, -0.15) is 8.42 Å². The van der Waals surface area contributed by atoms with Gasteiger partial charge in [0.15, 0.2) is 5.78 Å². The average Bonchev–Trinajstić information content (AvgIpc) is 2.91. The summed E-state index contributed by atoms with van der Waals surface area (Å²) in [6.07, 6.45) is 9.53. The van der Waals surface area contributed by atoms with Crippen molar-refractivity contribution in [1.82, 2.24) is 0 Å². The van der Waals surface area contributed by atoms with Gasteiger partial charge in [-0.3, -0.25) is 9.35 Å². The molecule has 0 saturated heterocycles. The van der Waals surface area contributed by atoms with Gasteiger partial charge in [0.2, 0.25) is 0 Å². The maximum absolute atomic E-state index is 11.9. The van der Waals surface area contributed by atoms with E-state index in [0.29, 0.717) is 30.0 Å². The van der Waals surface area contributed by atoms with Crippen molar-refractivity contribution in [2.75, 3.05) is 0 Å². The molecule has 0 aromatic rings. The molecule has 3 fully saturated rings. The molecule has 0 aromatic heterocycles. The van der Waals surface area contributed by atoms with Crippen molar-refractivity contribution < 1.29 is 21.9 Å². The van der Waals surface area contributed by atoms with Gasteiger partial charge in [-0.15, -0.1) is 0 Å². The van der Waals surface area contributed by atoms with E-state index < -0.39 is 16.5 Å². The van der Waals surface area contributed by atoms with Crippen LogP contribution in [0.2, 0.25) is 0 Å². The lowest BCUT2D eigenvalue weighted by Crippen LogP contribution is -2.51. The lowest BCUT2D eigenvalue weighted by Gasteiger charge is -2.58. The highest BCUT2D eigenvalue weighted by Gasteiger charge is 2.59. The fraction of sp³-hybridized carbons (Fsp3) is 0.857. The molecule has 0 aliphatic heterocycles. The summed E-state index contributed by atoms with van der Waals surface area (Å²) < 4.78 is 36.5. The van der Waals surface area contributed by atoms with Gasteiger partial charge in [0, 0.05) is 6.42 Å². The second-order valence-electron chi connectivity index (χ2n) is 9.93. The van der Waals surface area contributed by atoms with Crippen molar-refractivity contribution >= 4 is 16.2 Å². The number of hydrogen-bond donors (Lipinski definition) is 1. The molecule has 0 spiro atoms. The first-order valence-corrected chi connectivity index (χ1v) is 11.8. The van der Waals surface area contributed by atoms with Crippen LogP contribution >= 0.6 is 0 Å². The molecule has 0 heterocycles. The molecule has 3 saturated carbocycles. The van der Waals surface area contributed by atoms with E-state index in [4.69, 9.17) is 8.74 Å². The van der Waals surface area contributed by atoms with Crippen LogP contribution in [0.3, 0.4) is 0 Å². The van der Waals surface area contributed by atoms with Gasteiger partial charge in [0.05, 0.1) is 6.10 Å². The quantitative estimate of drug-likeness (QED) is 0.718. The van der Waals surface area contributed by atoms with E-state index >= 15 is 0 Å². The number of ketones is 1. The number of hydrogen-bond acceptors (Lipinski definition) is 4. The SMILES string of the molecule is C[C@@H](OS(=O)(=O)O)C1CC[C@H]2[C@@H]3CCC4=CC(=O)CC[C@]4(C)[C@H]3CC[C@]12C. The Labute approximate surface area is 162 Å². The summed E-state index contributed by atoms with van der Waals surface area (Å²) in [6, 6.07) is 0. The molecule has 0 aromatic carbocycles. The molecule has 4 rings (SSSR count). The third kappa shape index (κ3) is 3.12. The molecule has 1 N–H and O–H groups in total. The monoisotopic (exact) mass is 396 g/mol. The first-order valence-electron chi connectivity index (χ1n) is 10.4. The molecule has 152 valence electrons. The smallest absolute Gasteiger partial charge is 0.295 e. The van der Waals surface area contributed by atoms with Gasteiger partial charge in [-0.1, -0.05) is 19.4 Å². The Morgan fingerprint density at radius 2 is 1.85 bits per heavy atom. The topological polar surface area (TPSA) is 80.7 Å². The van der Waals surface area contributed by atoms with Crippen molar-refractivity contribution in [3.8, 4) is 0 Å². The van der Waals surface area contributed by atoms with Gasteiger partial charge in [0.1, 0.15) is 0 Å². The van der Waals surface area contributed by atoms with Gasteiger partial charge in [0.25, 0.3) is 0 Å². The molecule has 0 radical (unpaired) electrons. The fourth-order valence-electron chi connectivity index (χ4n) is 7.63. The van der Waals surface area contributed by atoms with Crippen molar-refractivity contribution in [2.45, 2.75) is 78.2 Å².